The quantitative estimate of drug-likeness (QED) is 0.555. The molecule has 1 aromatic rings. The largest absolute Gasteiger partial charge is 0.447 e. The van der Waals surface area contributed by atoms with E-state index in [0.29, 0.717) is 12.8 Å². The fourth-order valence-electron chi connectivity index (χ4n) is 3.33. The molecule has 0 N–H and O–H groups in total. The first-order chi connectivity index (χ1) is 12.5. The van der Waals surface area contributed by atoms with Crippen LogP contribution in [0.1, 0.15) is 57.9 Å². The van der Waals surface area contributed by atoms with Crippen LogP contribution in [0.25, 0.3) is 0 Å². The van der Waals surface area contributed by atoms with Crippen molar-refractivity contribution in [1.82, 2.24) is 4.90 Å². The topological polar surface area (TPSA) is 46.6 Å². The summed E-state index contributed by atoms with van der Waals surface area (Å²) in [4.78, 5) is 25.9. The van der Waals surface area contributed by atoms with E-state index in [-0.39, 0.29) is 12.6 Å². The first kappa shape index (κ1) is 20.4. The van der Waals surface area contributed by atoms with E-state index in [1.807, 2.05) is 30.3 Å². The third-order valence-corrected chi connectivity index (χ3v) is 5.03. The predicted molar refractivity (Wildman–Crippen MR) is 99.6 cm³/mol. The van der Waals surface area contributed by atoms with Crippen LogP contribution in [0.2, 0.25) is 0 Å². The maximum atomic E-state index is 14.5. The average Bonchev–Trinajstić information content (AvgIpc) is 3.01. The Morgan fingerprint density at radius 3 is 2.62 bits per heavy atom. The molecule has 2 amide bonds. The van der Waals surface area contributed by atoms with E-state index in [9.17, 15) is 14.0 Å². The molecule has 0 bridgehead atoms. The van der Waals surface area contributed by atoms with Gasteiger partial charge in [-0.1, -0.05) is 76.3 Å². The van der Waals surface area contributed by atoms with Crippen LogP contribution >= 0.6 is 0 Å². The molecule has 1 saturated heterocycles. The molecule has 144 valence electrons. The Hall–Kier alpha value is -1.91. The Bertz CT molecular complexity index is 578. The first-order valence-corrected chi connectivity index (χ1v) is 9.72. The Morgan fingerprint density at radius 1 is 1.23 bits per heavy atom. The summed E-state index contributed by atoms with van der Waals surface area (Å²) in [5.41, 5.74) is 1.02. The number of cyclic esters (lactones) is 1. The van der Waals surface area contributed by atoms with E-state index < -0.39 is 24.1 Å². The van der Waals surface area contributed by atoms with Gasteiger partial charge in [-0.15, -0.1) is 0 Å². The van der Waals surface area contributed by atoms with Crippen molar-refractivity contribution in [3.8, 4) is 0 Å². The number of ether oxygens (including phenoxy) is 1. The van der Waals surface area contributed by atoms with Gasteiger partial charge in [0, 0.05) is 0 Å². The van der Waals surface area contributed by atoms with Crippen LogP contribution in [0.15, 0.2) is 30.3 Å². The van der Waals surface area contributed by atoms with Crippen LogP contribution in [0.5, 0.6) is 0 Å². The molecule has 1 aromatic carbocycles. The number of nitrogens with zero attached hydrogens (tertiary/aromatic N) is 1. The fraction of sp³-hybridized carbons (Fsp3) is 0.619. The summed E-state index contributed by atoms with van der Waals surface area (Å²) in [5, 5.41) is 0. The monoisotopic (exact) mass is 363 g/mol. The molecule has 3 unspecified atom stereocenters. The smallest absolute Gasteiger partial charge is 0.416 e. The lowest BCUT2D eigenvalue weighted by atomic mass is 9.97. The van der Waals surface area contributed by atoms with Gasteiger partial charge in [-0.05, 0) is 18.4 Å². The van der Waals surface area contributed by atoms with Crippen molar-refractivity contribution in [2.45, 2.75) is 71.0 Å². The highest BCUT2D eigenvalue weighted by atomic mass is 19.1. The predicted octanol–water partition coefficient (Wildman–Crippen LogP) is 4.91. The second-order valence-electron chi connectivity index (χ2n) is 7.14. The molecule has 4 nitrogen and oxygen atoms in total. The standard InChI is InChI=1S/C21H30FNO3/c1-3-4-5-6-10-13-19(22)16(2)20(24)23-18(15-26-21(23)25)14-17-11-8-7-9-12-17/h7-9,11-12,16,18-19H,3-6,10,13-15H2,1-2H3. The van der Waals surface area contributed by atoms with E-state index in [1.165, 1.54) is 0 Å². The van der Waals surface area contributed by atoms with E-state index >= 15 is 0 Å². The lowest BCUT2D eigenvalue weighted by Gasteiger charge is -2.24. The Kier molecular flexibility index (Phi) is 8.07. The molecule has 0 spiro atoms. The summed E-state index contributed by atoms with van der Waals surface area (Å²) >= 11 is 0. The van der Waals surface area contributed by atoms with Crippen molar-refractivity contribution in [3.05, 3.63) is 35.9 Å². The van der Waals surface area contributed by atoms with Crippen LogP contribution in [0.4, 0.5) is 9.18 Å². The van der Waals surface area contributed by atoms with E-state index in [4.69, 9.17) is 4.74 Å². The molecule has 1 aliphatic rings. The van der Waals surface area contributed by atoms with Crippen molar-refractivity contribution in [3.63, 3.8) is 0 Å². The highest BCUT2D eigenvalue weighted by Gasteiger charge is 2.41. The summed E-state index contributed by atoms with van der Waals surface area (Å²) in [6, 6.07) is 9.28. The summed E-state index contributed by atoms with van der Waals surface area (Å²) in [6.07, 6.45) is 4.17. The van der Waals surface area contributed by atoms with Gasteiger partial charge in [0.15, 0.2) is 0 Å². The summed E-state index contributed by atoms with van der Waals surface area (Å²) < 4.78 is 19.6. The minimum Gasteiger partial charge on any atom is -0.447 e. The van der Waals surface area contributed by atoms with Crippen molar-refractivity contribution >= 4 is 12.0 Å². The second-order valence-corrected chi connectivity index (χ2v) is 7.14. The number of hydrogen-bond acceptors (Lipinski definition) is 3. The zero-order valence-corrected chi connectivity index (χ0v) is 15.8. The normalized spacial score (nSPS) is 19.3. The van der Waals surface area contributed by atoms with Gasteiger partial charge in [0.1, 0.15) is 12.8 Å². The van der Waals surface area contributed by atoms with Gasteiger partial charge >= 0.3 is 6.09 Å². The molecule has 5 heteroatoms. The Labute approximate surface area is 155 Å². The molecule has 0 radical (unpaired) electrons. The number of rotatable bonds is 10. The second kappa shape index (κ2) is 10.3. The van der Waals surface area contributed by atoms with Crippen LogP contribution in [-0.2, 0) is 16.0 Å². The zero-order chi connectivity index (χ0) is 18.9. The van der Waals surface area contributed by atoms with Crippen LogP contribution in [0.3, 0.4) is 0 Å². The van der Waals surface area contributed by atoms with E-state index in [1.54, 1.807) is 6.92 Å². The van der Waals surface area contributed by atoms with Crippen molar-refractivity contribution in [2.75, 3.05) is 6.61 Å². The Morgan fingerprint density at radius 2 is 1.92 bits per heavy atom. The maximum Gasteiger partial charge on any atom is 0.416 e. The number of carbonyl (C=O) groups excluding carboxylic acids is 2. The van der Waals surface area contributed by atoms with Crippen molar-refractivity contribution in [2.24, 2.45) is 5.92 Å². The minimum absolute atomic E-state index is 0.167. The van der Waals surface area contributed by atoms with Gasteiger partial charge in [0.2, 0.25) is 5.91 Å². The Balaban J connectivity index is 1.91. The lowest BCUT2D eigenvalue weighted by molar-refractivity contribution is -0.135. The molecule has 2 rings (SSSR count). The minimum atomic E-state index is -1.23. The molecule has 1 fully saturated rings. The first-order valence-electron chi connectivity index (χ1n) is 9.72. The van der Waals surface area contributed by atoms with Crippen molar-refractivity contribution < 1.29 is 18.7 Å². The number of alkyl halides is 1. The number of carbonyl (C=O) groups is 2. The average molecular weight is 363 g/mol. The number of imide groups is 1. The lowest BCUT2D eigenvalue weighted by Crippen LogP contribution is -2.45. The molecule has 1 heterocycles. The maximum absolute atomic E-state index is 14.5. The number of benzene rings is 1. The van der Waals surface area contributed by atoms with Crippen LogP contribution < -0.4 is 0 Å². The third kappa shape index (κ3) is 5.55. The summed E-state index contributed by atoms with van der Waals surface area (Å²) in [5.74, 6) is -1.29. The molecular weight excluding hydrogens is 333 g/mol. The number of unbranched alkanes of at least 4 members (excludes halogenated alkanes) is 4. The SMILES string of the molecule is CCCCCCCC(F)C(C)C(=O)N1C(=O)OCC1Cc1ccccc1. The van der Waals surface area contributed by atoms with Crippen molar-refractivity contribution in [1.29, 1.82) is 0 Å². The number of hydrogen-bond donors (Lipinski definition) is 0. The molecular formula is C21H30FNO3. The highest BCUT2D eigenvalue weighted by molar-refractivity contribution is 5.94. The molecule has 0 saturated carbocycles. The third-order valence-electron chi connectivity index (χ3n) is 5.03. The summed E-state index contributed by atoms with van der Waals surface area (Å²) in [7, 11) is 0. The highest BCUT2D eigenvalue weighted by Crippen LogP contribution is 2.24. The van der Waals surface area contributed by atoms with Gasteiger partial charge in [0.25, 0.3) is 0 Å². The van der Waals surface area contributed by atoms with Gasteiger partial charge in [0.05, 0.1) is 12.0 Å². The van der Waals surface area contributed by atoms with Crippen LogP contribution in [-0.4, -0.2) is 35.7 Å². The van der Waals surface area contributed by atoms with Gasteiger partial charge in [-0.3, -0.25) is 4.79 Å². The van der Waals surface area contributed by atoms with Gasteiger partial charge < -0.3 is 4.74 Å². The molecule has 3 atom stereocenters. The number of halogens is 1. The van der Waals surface area contributed by atoms with E-state index in [0.717, 1.165) is 42.6 Å². The summed E-state index contributed by atoms with van der Waals surface area (Å²) in [6.45, 7) is 3.88. The molecule has 0 aromatic heterocycles. The fourth-order valence-corrected chi connectivity index (χ4v) is 3.33. The molecule has 0 aliphatic carbocycles. The zero-order valence-electron chi connectivity index (χ0n) is 15.8. The van der Waals surface area contributed by atoms with Crippen LogP contribution in [0, 0.1) is 5.92 Å². The molecule has 26 heavy (non-hydrogen) atoms. The molecule has 1 aliphatic heterocycles. The van der Waals surface area contributed by atoms with Gasteiger partial charge in [-0.2, -0.15) is 0 Å². The van der Waals surface area contributed by atoms with Gasteiger partial charge in [-0.25, -0.2) is 14.1 Å². The number of amides is 2. The van der Waals surface area contributed by atoms with E-state index in [2.05, 4.69) is 6.92 Å².